The van der Waals surface area contributed by atoms with E-state index in [1.54, 1.807) is 6.92 Å². The van der Waals surface area contributed by atoms with Gasteiger partial charge in [0.15, 0.2) is 0 Å². The third-order valence-electron chi connectivity index (χ3n) is 3.76. The molecule has 2 heterocycles. The average molecular weight is 319 g/mol. The number of hydrogen-bond donors (Lipinski definition) is 1. The largest absolute Gasteiger partial charge is 0.379 e. The highest BCUT2D eigenvalue weighted by molar-refractivity contribution is 7.89. The molecule has 21 heavy (non-hydrogen) atoms. The number of ether oxygens (including phenoxy) is 1. The zero-order chi connectivity index (χ0) is 15.5. The summed E-state index contributed by atoms with van der Waals surface area (Å²) in [7, 11) is -3.44. The number of amides is 2. The molecule has 1 atom stereocenters. The van der Waals surface area contributed by atoms with E-state index in [0.29, 0.717) is 39.4 Å². The van der Waals surface area contributed by atoms with Crippen LogP contribution in [0, 0.1) is 0 Å². The van der Waals surface area contributed by atoms with Gasteiger partial charge in [0, 0.05) is 32.6 Å². The van der Waals surface area contributed by atoms with E-state index in [9.17, 15) is 18.0 Å². The van der Waals surface area contributed by atoms with Crippen LogP contribution >= 0.6 is 0 Å². The maximum atomic E-state index is 12.1. The molecule has 0 bridgehead atoms. The van der Waals surface area contributed by atoms with Crippen LogP contribution in [0.2, 0.25) is 0 Å². The van der Waals surface area contributed by atoms with Crippen molar-refractivity contribution in [3.05, 3.63) is 0 Å². The standard InChI is InChI=1S/C12H21N3O5S/c1-10-12(17)13-3-4-15(10)11(16)2-9-21(18,19)14-5-7-20-8-6-14/h10H,2-9H2,1H3,(H,13,17). The van der Waals surface area contributed by atoms with Gasteiger partial charge >= 0.3 is 0 Å². The molecule has 2 fully saturated rings. The number of morpholine rings is 1. The van der Waals surface area contributed by atoms with Crippen molar-refractivity contribution in [3.8, 4) is 0 Å². The molecule has 9 heteroatoms. The van der Waals surface area contributed by atoms with Gasteiger partial charge in [0.05, 0.1) is 19.0 Å². The average Bonchev–Trinajstić information content (AvgIpc) is 2.49. The van der Waals surface area contributed by atoms with Gasteiger partial charge in [0.1, 0.15) is 6.04 Å². The lowest BCUT2D eigenvalue weighted by Gasteiger charge is -2.33. The Morgan fingerprint density at radius 2 is 2.00 bits per heavy atom. The van der Waals surface area contributed by atoms with E-state index in [2.05, 4.69) is 5.32 Å². The van der Waals surface area contributed by atoms with Gasteiger partial charge in [-0.15, -0.1) is 0 Å². The van der Waals surface area contributed by atoms with E-state index < -0.39 is 16.1 Å². The quantitative estimate of drug-likeness (QED) is 0.672. The molecule has 1 N–H and O–H groups in total. The highest BCUT2D eigenvalue weighted by Crippen LogP contribution is 2.10. The Hall–Kier alpha value is -1.19. The monoisotopic (exact) mass is 319 g/mol. The Labute approximate surface area is 124 Å². The highest BCUT2D eigenvalue weighted by Gasteiger charge is 2.31. The fourth-order valence-corrected chi connectivity index (χ4v) is 3.83. The van der Waals surface area contributed by atoms with Gasteiger partial charge < -0.3 is 15.0 Å². The van der Waals surface area contributed by atoms with Gasteiger partial charge in [-0.25, -0.2) is 8.42 Å². The van der Waals surface area contributed by atoms with Crippen molar-refractivity contribution in [3.63, 3.8) is 0 Å². The molecule has 2 rings (SSSR count). The van der Waals surface area contributed by atoms with E-state index in [1.165, 1.54) is 9.21 Å². The first-order valence-electron chi connectivity index (χ1n) is 7.04. The van der Waals surface area contributed by atoms with Crippen LogP contribution in [-0.2, 0) is 24.3 Å². The Morgan fingerprint density at radius 1 is 1.33 bits per heavy atom. The summed E-state index contributed by atoms with van der Waals surface area (Å²) in [4.78, 5) is 25.1. The summed E-state index contributed by atoms with van der Waals surface area (Å²) >= 11 is 0. The third kappa shape index (κ3) is 3.92. The van der Waals surface area contributed by atoms with Gasteiger partial charge in [0.2, 0.25) is 21.8 Å². The normalized spacial score (nSPS) is 24.7. The summed E-state index contributed by atoms with van der Waals surface area (Å²) in [5, 5.41) is 2.67. The number of piperazine rings is 1. The number of sulfonamides is 1. The Bertz CT molecular complexity index is 501. The Morgan fingerprint density at radius 3 is 2.67 bits per heavy atom. The molecule has 0 aliphatic carbocycles. The Balaban J connectivity index is 1.89. The first-order chi connectivity index (χ1) is 9.92. The first kappa shape index (κ1) is 16.2. The lowest BCUT2D eigenvalue weighted by Crippen LogP contribution is -2.56. The Kier molecular flexibility index (Phi) is 5.17. The molecule has 2 saturated heterocycles. The second-order valence-electron chi connectivity index (χ2n) is 5.13. The van der Waals surface area contributed by atoms with Crippen molar-refractivity contribution in [1.82, 2.24) is 14.5 Å². The topological polar surface area (TPSA) is 96.0 Å². The second kappa shape index (κ2) is 6.71. The maximum Gasteiger partial charge on any atom is 0.242 e. The van der Waals surface area contributed by atoms with Crippen LogP contribution in [0.25, 0.3) is 0 Å². The minimum atomic E-state index is -3.44. The number of carbonyl (C=O) groups excluding carboxylic acids is 2. The number of nitrogens with zero attached hydrogens (tertiary/aromatic N) is 2. The fourth-order valence-electron chi connectivity index (χ4n) is 2.44. The van der Waals surface area contributed by atoms with Crippen LogP contribution in [0.5, 0.6) is 0 Å². The molecule has 0 aromatic rings. The van der Waals surface area contributed by atoms with Crippen molar-refractivity contribution in [2.45, 2.75) is 19.4 Å². The molecule has 0 radical (unpaired) electrons. The molecular weight excluding hydrogens is 298 g/mol. The minimum Gasteiger partial charge on any atom is -0.379 e. The molecule has 2 aliphatic heterocycles. The molecule has 8 nitrogen and oxygen atoms in total. The molecule has 0 aromatic heterocycles. The zero-order valence-electron chi connectivity index (χ0n) is 12.1. The van der Waals surface area contributed by atoms with Crippen LogP contribution in [0.3, 0.4) is 0 Å². The van der Waals surface area contributed by atoms with E-state index >= 15 is 0 Å². The lowest BCUT2D eigenvalue weighted by atomic mass is 10.2. The van der Waals surface area contributed by atoms with E-state index in [-0.39, 0.29) is 24.0 Å². The molecule has 0 aromatic carbocycles. The molecular formula is C12H21N3O5S. The van der Waals surface area contributed by atoms with Crippen molar-refractivity contribution < 1.29 is 22.7 Å². The highest BCUT2D eigenvalue weighted by atomic mass is 32.2. The third-order valence-corrected chi connectivity index (χ3v) is 5.63. The summed E-state index contributed by atoms with van der Waals surface area (Å²) < 4.78 is 30.8. The molecule has 2 amide bonds. The smallest absolute Gasteiger partial charge is 0.242 e. The number of carbonyl (C=O) groups is 2. The predicted octanol–water partition coefficient (Wildman–Crippen LogP) is -1.61. The summed E-state index contributed by atoms with van der Waals surface area (Å²) in [6.07, 6.45) is -0.0999. The van der Waals surface area contributed by atoms with Crippen molar-refractivity contribution >= 4 is 21.8 Å². The lowest BCUT2D eigenvalue weighted by molar-refractivity contribution is -0.142. The first-order valence-corrected chi connectivity index (χ1v) is 8.65. The van der Waals surface area contributed by atoms with Crippen LogP contribution in [-0.4, -0.2) is 80.6 Å². The predicted molar refractivity (Wildman–Crippen MR) is 75.0 cm³/mol. The molecule has 0 saturated carbocycles. The van der Waals surface area contributed by atoms with E-state index in [1.807, 2.05) is 0 Å². The number of rotatable bonds is 4. The van der Waals surface area contributed by atoms with Gasteiger partial charge in [-0.2, -0.15) is 4.31 Å². The summed E-state index contributed by atoms with van der Waals surface area (Å²) in [5.74, 6) is -0.726. The van der Waals surface area contributed by atoms with Crippen molar-refractivity contribution in [1.29, 1.82) is 0 Å². The molecule has 0 spiro atoms. The van der Waals surface area contributed by atoms with Crippen LogP contribution in [0.15, 0.2) is 0 Å². The summed E-state index contributed by atoms with van der Waals surface area (Å²) in [6, 6.07) is -0.544. The molecule has 2 aliphatic rings. The van der Waals surface area contributed by atoms with E-state index in [4.69, 9.17) is 4.74 Å². The minimum absolute atomic E-state index is 0.0999. The van der Waals surface area contributed by atoms with Crippen LogP contribution < -0.4 is 5.32 Å². The summed E-state index contributed by atoms with van der Waals surface area (Å²) in [5.41, 5.74) is 0. The van der Waals surface area contributed by atoms with Crippen molar-refractivity contribution in [2.24, 2.45) is 0 Å². The van der Waals surface area contributed by atoms with Crippen LogP contribution in [0.1, 0.15) is 13.3 Å². The number of hydrogen-bond acceptors (Lipinski definition) is 5. The SMILES string of the molecule is CC1C(=O)NCCN1C(=O)CCS(=O)(=O)N1CCOCC1. The van der Waals surface area contributed by atoms with Gasteiger partial charge in [0.25, 0.3) is 0 Å². The van der Waals surface area contributed by atoms with Gasteiger partial charge in [-0.3, -0.25) is 9.59 Å². The fraction of sp³-hybridized carbons (Fsp3) is 0.833. The van der Waals surface area contributed by atoms with E-state index in [0.717, 1.165) is 0 Å². The zero-order valence-corrected chi connectivity index (χ0v) is 12.9. The summed E-state index contributed by atoms with van der Waals surface area (Å²) in [6.45, 7) is 3.91. The molecule has 1 unspecified atom stereocenters. The van der Waals surface area contributed by atoms with Gasteiger partial charge in [-0.05, 0) is 6.92 Å². The second-order valence-corrected chi connectivity index (χ2v) is 7.22. The van der Waals surface area contributed by atoms with Crippen LogP contribution in [0.4, 0.5) is 0 Å². The van der Waals surface area contributed by atoms with Gasteiger partial charge in [-0.1, -0.05) is 0 Å². The van der Waals surface area contributed by atoms with Crippen molar-refractivity contribution in [2.75, 3.05) is 45.1 Å². The molecule has 120 valence electrons. The maximum absolute atomic E-state index is 12.1. The number of nitrogens with one attached hydrogen (secondary N) is 1.